The molecule has 154 valence electrons. The molecular formula is C19H20F3N5O2. The zero-order chi connectivity index (χ0) is 20.6. The summed E-state index contributed by atoms with van der Waals surface area (Å²) in [6.45, 7) is 2.91. The van der Waals surface area contributed by atoms with Crippen molar-refractivity contribution in [2.45, 2.75) is 44.8 Å². The SMILES string of the molecule is Cc1noc2nc([C@@H]3CCCN(C(=O)CCn4ccnc4)C3)cc(C(F)(F)F)c12. The molecule has 0 N–H and O–H groups in total. The summed E-state index contributed by atoms with van der Waals surface area (Å²) in [6, 6.07) is 1.08. The molecule has 10 heteroatoms. The van der Waals surface area contributed by atoms with Crippen molar-refractivity contribution in [1.29, 1.82) is 0 Å². The van der Waals surface area contributed by atoms with Gasteiger partial charge in [0.2, 0.25) is 5.91 Å². The first-order valence-electron chi connectivity index (χ1n) is 9.40. The van der Waals surface area contributed by atoms with Crippen LogP contribution in [0.3, 0.4) is 0 Å². The normalized spacial score (nSPS) is 17.8. The summed E-state index contributed by atoms with van der Waals surface area (Å²) in [7, 11) is 0. The van der Waals surface area contributed by atoms with Gasteiger partial charge in [-0.1, -0.05) is 5.16 Å². The Hall–Kier alpha value is -2.91. The predicted octanol–water partition coefficient (Wildman–Crippen LogP) is 3.54. The third kappa shape index (κ3) is 3.96. The Morgan fingerprint density at radius 1 is 1.38 bits per heavy atom. The fraction of sp³-hybridized carbons (Fsp3) is 0.474. The van der Waals surface area contributed by atoms with Crippen molar-refractivity contribution in [3.8, 4) is 0 Å². The largest absolute Gasteiger partial charge is 0.417 e. The van der Waals surface area contributed by atoms with Crippen molar-refractivity contribution in [1.82, 2.24) is 24.6 Å². The first kappa shape index (κ1) is 19.4. The average Bonchev–Trinajstić information content (AvgIpc) is 3.35. The van der Waals surface area contributed by atoms with E-state index in [0.29, 0.717) is 38.9 Å². The summed E-state index contributed by atoms with van der Waals surface area (Å²) < 4.78 is 47.6. The number of fused-ring (bicyclic) bond motifs is 1. The highest BCUT2D eigenvalue weighted by molar-refractivity contribution is 5.81. The molecule has 1 amide bonds. The van der Waals surface area contributed by atoms with Crippen LogP contribution in [0.25, 0.3) is 11.1 Å². The van der Waals surface area contributed by atoms with Gasteiger partial charge in [-0.25, -0.2) is 9.97 Å². The topological polar surface area (TPSA) is 77.0 Å². The van der Waals surface area contributed by atoms with Gasteiger partial charge in [0, 0.05) is 44.4 Å². The Bertz CT molecular complexity index is 1010. The van der Waals surface area contributed by atoms with Crippen LogP contribution in [-0.4, -0.2) is 43.6 Å². The van der Waals surface area contributed by atoms with E-state index in [1.54, 1.807) is 23.6 Å². The number of nitrogens with zero attached hydrogens (tertiary/aromatic N) is 5. The number of pyridine rings is 1. The molecule has 0 radical (unpaired) electrons. The van der Waals surface area contributed by atoms with Crippen LogP contribution in [0.4, 0.5) is 13.2 Å². The maximum atomic E-state index is 13.6. The maximum absolute atomic E-state index is 13.6. The van der Waals surface area contributed by atoms with E-state index >= 15 is 0 Å². The number of aromatic nitrogens is 4. The zero-order valence-corrected chi connectivity index (χ0v) is 15.8. The molecule has 29 heavy (non-hydrogen) atoms. The van der Waals surface area contributed by atoms with Crippen molar-refractivity contribution < 1.29 is 22.5 Å². The molecule has 0 bridgehead atoms. The van der Waals surface area contributed by atoms with Gasteiger partial charge in [0.25, 0.3) is 5.71 Å². The Labute approximate surface area is 164 Å². The van der Waals surface area contributed by atoms with Gasteiger partial charge in [-0.15, -0.1) is 0 Å². The van der Waals surface area contributed by atoms with Crippen molar-refractivity contribution in [3.63, 3.8) is 0 Å². The molecule has 0 aliphatic carbocycles. The number of halogens is 3. The van der Waals surface area contributed by atoms with E-state index in [1.807, 2.05) is 4.57 Å². The molecule has 3 aromatic heterocycles. The van der Waals surface area contributed by atoms with Crippen LogP contribution < -0.4 is 0 Å². The smallest absolute Gasteiger partial charge is 0.342 e. The number of amides is 1. The molecule has 1 saturated heterocycles. The van der Waals surface area contributed by atoms with E-state index in [-0.39, 0.29) is 34.3 Å². The van der Waals surface area contributed by atoms with Crippen LogP contribution in [0.15, 0.2) is 29.3 Å². The lowest BCUT2D eigenvalue weighted by molar-refractivity contribution is -0.136. The first-order chi connectivity index (χ1) is 13.8. The van der Waals surface area contributed by atoms with Gasteiger partial charge in [0.1, 0.15) is 0 Å². The second-order valence-corrected chi connectivity index (χ2v) is 7.27. The number of carbonyl (C=O) groups is 1. The number of carbonyl (C=O) groups excluding carboxylic acids is 1. The van der Waals surface area contributed by atoms with Crippen molar-refractivity contribution in [2.24, 2.45) is 0 Å². The highest BCUT2D eigenvalue weighted by Crippen LogP contribution is 2.38. The number of alkyl halides is 3. The summed E-state index contributed by atoms with van der Waals surface area (Å²) in [5.41, 5.74) is -0.463. The molecule has 0 saturated carbocycles. The minimum Gasteiger partial charge on any atom is -0.342 e. The Morgan fingerprint density at radius 3 is 2.93 bits per heavy atom. The summed E-state index contributed by atoms with van der Waals surface area (Å²) in [5.74, 6) is -0.312. The number of rotatable bonds is 4. The minimum atomic E-state index is -4.54. The summed E-state index contributed by atoms with van der Waals surface area (Å²) >= 11 is 0. The molecule has 0 unspecified atom stereocenters. The standard InChI is InChI=1S/C19H20F3N5O2/c1-12-17-14(19(20,21)22)9-15(24-18(17)29-25-12)13-3-2-6-27(10-13)16(28)4-7-26-8-5-23-11-26/h5,8-9,11,13H,2-4,6-7,10H2,1H3/t13-/m1/s1. The van der Waals surface area contributed by atoms with E-state index in [2.05, 4.69) is 15.1 Å². The molecule has 0 aromatic carbocycles. The maximum Gasteiger partial charge on any atom is 0.417 e. The summed E-state index contributed by atoms with van der Waals surface area (Å²) in [4.78, 5) is 22.5. The molecule has 1 fully saturated rings. The third-order valence-electron chi connectivity index (χ3n) is 5.28. The number of hydrogen-bond acceptors (Lipinski definition) is 5. The van der Waals surface area contributed by atoms with Crippen molar-refractivity contribution >= 4 is 17.0 Å². The van der Waals surface area contributed by atoms with Gasteiger partial charge in [-0.3, -0.25) is 4.79 Å². The van der Waals surface area contributed by atoms with E-state index in [4.69, 9.17) is 4.52 Å². The molecule has 0 spiro atoms. The third-order valence-corrected chi connectivity index (χ3v) is 5.28. The van der Waals surface area contributed by atoms with Crippen LogP contribution >= 0.6 is 0 Å². The molecule has 3 aromatic rings. The van der Waals surface area contributed by atoms with Crippen LogP contribution in [0.2, 0.25) is 0 Å². The van der Waals surface area contributed by atoms with E-state index < -0.39 is 11.7 Å². The lowest BCUT2D eigenvalue weighted by Crippen LogP contribution is -2.39. The molecule has 4 rings (SSSR count). The van der Waals surface area contributed by atoms with Gasteiger partial charge in [-0.05, 0) is 25.8 Å². The number of hydrogen-bond donors (Lipinski definition) is 0. The lowest BCUT2D eigenvalue weighted by atomic mass is 9.92. The van der Waals surface area contributed by atoms with Crippen LogP contribution in [0, 0.1) is 6.92 Å². The molecule has 1 aliphatic heterocycles. The number of piperidine rings is 1. The number of aryl methyl sites for hydroxylation is 2. The highest BCUT2D eigenvalue weighted by atomic mass is 19.4. The second-order valence-electron chi connectivity index (χ2n) is 7.27. The van der Waals surface area contributed by atoms with E-state index in [1.165, 1.54) is 6.92 Å². The lowest BCUT2D eigenvalue weighted by Gasteiger charge is -2.32. The minimum absolute atomic E-state index is 0.0315. The van der Waals surface area contributed by atoms with Gasteiger partial charge in [0.05, 0.1) is 28.7 Å². The van der Waals surface area contributed by atoms with Crippen LogP contribution in [0.1, 0.15) is 42.1 Å². The average molecular weight is 407 g/mol. The summed E-state index contributed by atoms with van der Waals surface area (Å²) in [5, 5.41) is 3.53. The van der Waals surface area contributed by atoms with E-state index in [0.717, 1.165) is 6.07 Å². The van der Waals surface area contributed by atoms with Gasteiger partial charge in [0.15, 0.2) is 0 Å². The monoisotopic (exact) mass is 407 g/mol. The molecular weight excluding hydrogens is 387 g/mol. The van der Waals surface area contributed by atoms with Gasteiger partial charge >= 0.3 is 6.18 Å². The van der Waals surface area contributed by atoms with Crippen molar-refractivity contribution in [3.05, 3.63) is 41.7 Å². The Balaban J connectivity index is 1.55. The zero-order valence-electron chi connectivity index (χ0n) is 15.8. The van der Waals surface area contributed by atoms with Crippen molar-refractivity contribution in [2.75, 3.05) is 13.1 Å². The fourth-order valence-corrected chi connectivity index (χ4v) is 3.79. The molecule has 1 aliphatic rings. The van der Waals surface area contributed by atoms with Crippen LogP contribution in [-0.2, 0) is 17.5 Å². The highest BCUT2D eigenvalue weighted by Gasteiger charge is 2.37. The van der Waals surface area contributed by atoms with Crippen LogP contribution in [0.5, 0.6) is 0 Å². The van der Waals surface area contributed by atoms with E-state index in [9.17, 15) is 18.0 Å². The first-order valence-corrected chi connectivity index (χ1v) is 9.40. The number of imidazole rings is 1. The summed E-state index contributed by atoms with van der Waals surface area (Å²) in [6.07, 6.45) is 2.21. The van der Waals surface area contributed by atoms with Gasteiger partial charge in [-0.2, -0.15) is 13.2 Å². The fourth-order valence-electron chi connectivity index (χ4n) is 3.79. The second kappa shape index (κ2) is 7.49. The molecule has 7 nitrogen and oxygen atoms in total. The predicted molar refractivity (Wildman–Crippen MR) is 96.9 cm³/mol. The molecule has 1 atom stereocenters. The Kier molecular flexibility index (Phi) is 5.01. The molecule has 4 heterocycles. The quantitative estimate of drug-likeness (QED) is 0.661. The van der Waals surface area contributed by atoms with Gasteiger partial charge < -0.3 is 14.0 Å². The Morgan fingerprint density at radius 2 is 2.21 bits per heavy atom. The number of likely N-dealkylation sites (tertiary alicyclic amines) is 1.